The van der Waals surface area contributed by atoms with Crippen LogP contribution in [0.3, 0.4) is 0 Å². The predicted molar refractivity (Wildman–Crippen MR) is 130 cm³/mol. The molecule has 1 aromatic heterocycles. The Morgan fingerprint density at radius 3 is 2.56 bits per heavy atom. The number of methoxy groups -OCH3 is 2. The molecule has 0 aliphatic carbocycles. The molecule has 4 aromatic rings. The van der Waals surface area contributed by atoms with Gasteiger partial charge in [-0.25, -0.2) is 4.68 Å². The van der Waals surface area contributed by atoms with E-state index in [1.165, 1.54) is 0 Å². The first-order valence-corrected chi connectivity index (χ1v) is 11.2. The first kappa shape index (κ1) is 20.6. The summed E-state index contributed by atoms with van der Waals surface area (Å²) in [7, 11) is 3.32. The van der Waals surface area contributed by atoms with Gasteiger partial charge in [-0.1, -0.05) is 35.9 Å². The van der Waals surface area contributed by atoms with Gasteiger partial charge in [0, 0.05) is 21.7 Å². The van der Waals surface area contributed by atoms with Crippen molar-refractivity contribution in [2.75, 3.05) is 19.5 Å². The first-order chi connectivity index (χ1) is 16.7. The Kier molecular flexibility index (Phi) is 4.92. The van der Waals surface area contributed by atoms with E-state index in [4.69, 9.17) is 25.8 Å². The molecule has 2 atom stereocenters. The minimum atomic E-state index is -0.393. The second-order valence-corrected chi connectivity index (χ2v) is 8.51. The van der Waals surface area contributed by atoms with Gasteiger partial charge >= 0.3 is 0 Å². The third kappa shape index (κ3) is 3.28. The number of halogens is 1. The number of anilines is 1. The van der Waals surface area contributed by atoms with Gasteiger partial charge in [0.05, 0.1) is 19.9 Å². The average molecular weight is 473 g/mol. The number of hydrogen-bond donors (Lipinski definition) is 1. The van der Waals surface area contributed by atoms with E-state index in [9.17, 15) is 0 Å². The molecule has 0 saturated heterocycles. The molecule has 3 aromatic carbocycles. The largest absolute Gasteiger partial charge is 0.497 e. The smallest absolute Gasteiger partial charge is 0.226 e. The number of benzene rings is 3. The maximum Gasteiger partial charge on any atom is 0.226 e. The summed E-state index contributed by atoms with van der Waals surface area (Å²) in [6.45, 7) is 0. The summed E-state index contributed by atoms with van der Waals surface area (Å²) in [6.07, 6.45) is 1.16. The van der Waals surface area contributed by atoms with Gasteiger partial charge in [0.15, 0.2) is 0 Å². The van der Waals surface area contributed by atoms with Crippen LogP contribution in [-0.4, -0.2) is 29.0 Å². The van der Waals surface area contributed by atoms with Gasteiger partial charge in [0.1, 0.15) is 35.7 Å². The van der Waals surface area contributed by atoms with Gasteiger partial charge in [-0.3, -0.25) is 0 Å². The number of hydrogen-bond acceptors (Lipinski definition) is 6. The summed E-state index contributed by atoms with van der Waals surface area (Å²) >= 11 is 6.40. The van der Waals surface area contributed by atoms with Crippen LogP contribution in [0.1, 0.15) is 28.8 Å². The lowest BCUT2D eigenvalue weighted by molar-refractivity contribution is 0.222. The van der Waals surface area contributed by atoms with Crippen molar-refractivity contribution in [2.45, 2.75) is 12.1 Å². The second-order valence-electron chi connectivity index (χ2n) is 8.07. The van der Waals surface area contributed by atoms with E-state index in [0.29, 0.717) is 11.0 Å². The minimum absolute atomic E-state index is 0.261. The highest BCUT2D eigenvalue weighted by molar-refractivity contribution is 6.30. The average Bonchev–Trinajstić information content (AvgIpc) is 3.35. The Morgan fingerprint density at radius 1 is 0.941 bits per heavy atom. The van der Waals surface area contributed by atoms with Crippen molar-refractivity contribution in [2.24, 2.45) is 0 Å². The fourth-order valence-corrected chi connectivity index (χ4v) is 4.80. The van der Waals surface area contributed by atoms with Crippen molar-refractivity contribution in [1.29, 1.82) is 0 Å². The monoisotopic (exact) mass is 472 g/mol. The van der Waals surface area contributed by atoms with Crippen LogP contribution in [0.15, 0.2) is 78.6 Å². The Bertz CT molecular complexity index is 1410. The third-order valence-corrected chi connectivity index (χ3v) is 6.44. The zero-order valence-electron chi connectivity index (χ0n) is 18.5. The lowest BCUT2D eigenvalue weighted by Gasteiger charge is -2.39. The number of rotatable bonds is 4. The number of ether oxygens (including phenoxy) is 3. The quantitative estimate of drug-likeness (QED) is 0.422. The maximum atomic E-state index is 6.63. The molecule has 0 bridgehead atoms. The van der Waals surface area contributed by atoms with E-state index in [1.807, 2.05) is 71.4 Å². The van der Waals surface area contributed by atoms with Crippen molar-refractivity contribution in [1.82, 2.24) is 14.8 Å². The molecule has 2 aliphatic heterocycles. The zero-order valence-corrected chi connectivity index (χ0v) is 19.3. The van der Waals surface area contributed by atoms with Gasteiger partial charge in [-0.05, 0) is 48.0 Å². The highest BCUT2D eigenvalue weighted by Gasteiger charge is 2.41. The molecule has 34 heavy (non-hydrogen) atoms. The van der Waals surface area contributed by atoms with Crippen LogP contribution in [0.5, 0.6) is 17.2 Å². The summed E-state index contributed by atoms with van der Waals surface area (Å²) in [6, 6.07) is 21.3. The summed E-state index contributed by atoms with van der Waals surface area (Å²) in [5.41, 5.74) is 4.80. The van der Waals surface area contributed by atoms with Crippen molar-refractivity contribution in [3.8, 4) is 17.2 Å². The third-order valence-electron chi connectivity index (χ3n) is 6.20. The summed E-state index contributed by atoms with van der Waals surface area (Å²) in [5.74, 6) is 2.94. The minimum Gasteiger partial charge on any atom is -0.497 e. The molecule has 2 aliphatic rings. The first-order valence-electron chi connectivity index (χ1n) is 10.8. The van der Waals surface area contributed by atoms with Crippen molar-refractivity contribution in [3.05, 3.63) is 100 Å². The Labute approximate surface area is 201 Å². The van der Waals surface area contributed by atoms with Crippen molar-refractivity contribution >= 4 is 23.2 Å². The molecule has 0 saturated carbocycles. The van der Waals surface area contributed by atoms with Crippen LogP contribution >= 0.6 is 11.6 Å². The van der Waals surface area contributed by atoms with Crippen LogP contribution in [0.25, 0.3) is 5.70 Å². The molecule has 170 valence electrons. The predicted octanol–water partition coefficient (Wildman–Crippen LogP) is 5.51. The molecule has 7 nitrogen and oxygen atoms in total. The Hall–Kier alpha value is -3.97. The van der Waals surface area contributed by atoms with E-state index in [-0.39, 0.29) is 6.04 Å². The molecule has 2 unspecified atom stereocenters. The molecule has 1 N–H and O–H groups in total. The Balaban J connectivity index is 1.61. The molecule has 6 rings (SSSR count). The van der Waals surface area contributed by atoms with Gasteiger partial charge < -0.3 is 19.5 Å². The summed E-state index contributed by atoms with van der Waals surface area (Å²) in [5, 5.41) is 8.67. The number of fused-ring (bicyclic) bond motifs is 3. The number of nitrogens with one attached hydrogen (secondary N) is 1. The second kappa shape index (κ2) is 8.11. The zero-order chi connectivity index (χ0) is 23.2. The fourth-order valence-electron chi connectivity index (χ4n) is 4.63. The maximum absolute atomic E-state index is 6.63. The molecular weight excluding hydrogens is 452 g/mol. The van der Waals surface area contributed by atoms with E-state index >= 15 is 0 Å². The Morgan fingerprint density at radius 2 is 1.76 bits per heavy atom. The van der Waals surface area contributed by atoms with Crippen molar-refractivity contribution in [3.63, 3.8) is 0 Å². The standard InChI is InChI=1S/C26H21ClN4O3/c1-32-18-9-6-15(7-10-18)24-22-23(30-26-28-14-29-31(24)26)20-13-17(27)8-11-21(20)34-25(22)16-4-3-5-19(12-16)33-2/h3-14,24-25H,1-2H3,(H,28,29,30). The molecule has 3 heterocycles. The van der Waals surface area contributed by atoms with Gasteiger partial charge in [-0.15, -0.1) is 0 Å². The van der Waals surface area contributed by atoms with E-state index in [0.717, 1.165) is 45.2 Å². The van der Waals surface area contributed by atoms with Gasteiger partial charge in [0.2, 0.25) is 5.95 Å². The number of nitrogens with zero attached hydrogens (tertiary/aromatic N) is 3. The number of aromatic nitrogens is 3. The van der Waals surface area contributed by atoms with E-state index in [1.54, 1.807) is 20.5 Å². The van der Waals surface area contributed by atoms with Crippen LogP contribution < -0.4 is 19.5 Å². The fraction of sp³-hybridized carbons (Fsp3) is 0.154. The van der Waals surface area contributed by atoms with Crippen LogP contribution in [0, 0.1) is 0 Å². The normalized spacial score (nSPS) is 18.2. The van der Waals surface area contributed by atoms with Gasteiger partial charge in [0.25, 0.3) is 0 Å². The molecule has 0 fully saturated rings. The van der Waals surface area contributed by atoms with Crippen molar-refractivity contribution < 1.29 is 14.2 Å². The van der Waals surface area contributed by atoms with Crippen LogP contribution in [0.2, 0.25) is 5.02 Å². The molecule has 0 spiro atoms. The van der Waals surface area contributed by atoms with Gasteiger partial charge in [-0.2, -0.15) is 10.1 Å². The molecular formula is C26H21ClN4O3. The summed E-state index contributed by atoms with van der Waals surface area (Å²) in [4.78, 5) is 4.47. The van der Waals surface area contributed by atoms with E-state index in [2.05, 4.69) is 15.4 Å². The SMILES string of the molecule is COc1ccc(C2C3=C(Nc4ncnn42)c2cc(Cl)ccc2OC3c2cccc(OC)c2)cc1. The highest BCUT2D eigenvalue weighted by Crippen LogP contribution is 2.51. The highest BCUT2D eigenvalue weighted by atomic mass is 35.5. The molecule has 0 amide bonds. The van der Waals surface area contributed by atoms with Crippen LogP contribution in [-0.2, 0) is 0 Å². The molecule has 8 heteroatoms. The lowest BCUT2D eigenvalue weighted by Crippen LogP contribution is -2.32. The van der Waals surface area contributed by atoms with Crippen LogP contribution in [0.4, 0.5) is 5.95 Å². The summed E-state index contributed by atoms with van der Waals surface area (Å²) < 4.78 is 19.4. The molecule has 0 radical (unpaired) electrons. The van der Waals surface area contributed by atoms with E-state index < -0.39 is 6.10 Å². The lowest BCUT2D eigenvalue weighted by atomic mass is 9.84. The topological polar surface area (TPSA) is 70.4 Å².